The summed E-state index contributed by atoms with van der Waals surface area (Å²) in [6, 6.07) is 4.72. The number of aryl methyl sites for hydroxylation is 1. The molecule has 1 N–H and O–H groups in total. The Hall–Kier alpha value is -2.48. The van der Waals surface area contributed by atoms with Crippen LogP contribution >= 0.6 is 11.6 Å². The lowest BCUT2D eigenvalue weighted by Gasteiger charge is -2.37. The molecule has 3 aromatic rings. The van der Waals surface area contributed by atoms with Crippen LogP contribution in [0.4, 0.5) is 11.6 Å². The maximum absolute atomic E-state index is 6.74. The van der Waals surface area contributed by atoms with Crippen molar-refractivity contribution < 1.29 is 4.74 Å². The number of rotatable bonds is 7. The lowest BCUT2D eigenvalue weighted by Crippen LogP contribution is -2.44. The fourth-order valence-electron chi connectivity index (χ4n) is 5.23. The van der Waals surface area contributed by atoms with Gasteiger partial charge in [0.05, 0.1) is 36.3 Å². The van der Waals surface area contributed by atoms with E-state index in [0.717, 1.165) is 79.4 Å². The third kappa shape index (κ3) is 4.69. The van der Waals surface area contributed by atoms with Gasteiger partial charge in [-0.15, -0.1) is 6.58 Å². The van der Waals surface area contributed by atoms with Crippen molar-refractivity contribution in [2.24, 2.45) is 5.92 Å². The molecule has 34 heavy (non-hydrogen) atoms. The number of hydrogen-bond acceptors (Lipinski definition) is 6. The highest BCUT2D eigenvalue weighted by Gasteiger charge is 2.33. The van der Waals surface area contributed by atoms with Gasteiger partial charge in [-0.3, -0.25) is 9.58 Å². The molecule has 2 aliphatic rings. The number of piperidine rings is 1. The van der Waals surface area contributed by atoms with Crippen LogP contribution in [-0.2, 0) is 11.3 Å². The number of benzene rings is 1. The number of allylic oxidation sites excluding steroid dienone is 1. The predicted octanol–water partition coefficient (Wildman–Crippen LogP) is 5.32. The second kappa shape index (κ2) is 10.0. The van der Waals surface area contributed by atoms with Gasteiger partial charge < -0.3 is 10.1 Å². The number of aromatic nitrogens is 4. The van der Waals surface area contributed by atoms with Gasteiger partial charge in [-0.05, 0) is 68.8 Å². The molecule has 2 aliphatic heterocycles. The number of nitrogens with one attached hydrogen (secondary N) is 1. The highest BCUT2D eigenvalue weighted by atomic mass is 35.5. The Morgan fingerprint density at radius 1 is 1.24 bits per heavy atom. The maximum Gasteiger partial charge on any atom is 0.227 e. The molecule has 2 aromatic heterocycles. The van der Waals surface area contributed by atoms with Gasteiger partial charge in [-0.2, -0.15) is 5.10 Å². The number of ether oxygens (including phenoxy) is 1. The normalized spacial score (nSPS) is 21.9. The molecule has 8 heteroatoms. The first-order valence-electron chi connectivity index (χ1n) is 12.2. The molecule has 1 aromatic carbocycles. The van der Waals surface area contributed by atoms with E-state index in [2.05, 4.69) is 39.9 Å². The van der Waals surface area contributed by atoms with Gasteiger partial charge in [0.25, 0.3) is 0 Å². The van der Waals surface area contributed by atoms with E-state index in [1.165, 1.54) is 5.56 Å². The average molecular weight is 481 g/mol. The molecule has 2 atom stereocenters. The van der Waals surface area contributed by atoms with E-state index in [0.29, 0.717) is 23.8 Å². The third-order valence-electron chi connectivity index (χ3n) is 7.36. The SMILES string of the molecule is C=CCCn1ncc(Nc2ncc3cc(Cl)c(C4CCN([C@H]5COC[C@H]5C)CC4)cc3n2)c1C. The Balaban J connectivity index is 1.32. The first kappa shape index (κ1) is 23.3. The largest absolute Gasteiger partial charge is 0.379 e. The Kier molecular flexibility index (Phi) is 6.86. The van der Waals surface area contributed by atoms with Gasteiger partial charge in [0.1, 0.15) is 0 Å². The molecular weight excluding hydrogens is 448 g/mol. The van der Waals surface area contributed by atoms with Crippen molar-refractivity contribution in [1.82, 2.24) is 24.6 Å². The lowest BCUT2D eigenvalue weighted by molar-refractivity contribution is 0.116. The summed E-state index contributed by atoms with van der Waals surface area (Å²) >= 11 is 6.74. The Morgan fingerprint density at radius 2 is 2.06 bits per heavy atom. The Bertz CT molecular complexity index is 1170. The third-order valence-corrected chi connectivity index (χ3v) is 7.68. The molecule has 5 rings (SSSR count). The zero-order valence-electron chi connectivity index (χ0n) is 20.0. The van der Waals surface area contributed by atoms with Crippen LogP contribution in [0.1, 0.15) is 43.4 Å². The van der Waals surface area contributed by atoms with Crippen molar-refractivity contribution in [3.63, 3.8) is 0 Å². The summed E-state index contributed by atoms with van der Waals surface area (Å²) in [4.78, 5) is 11.9. The number of hydrogen-bond donors (Lipinski definition) is 1. The van der Waals surface area contributed by atoms with Crippen LogP contribution in [-0.4, -0.2) is 57.0 Å². The molecule has 0 bridgehead atoms. The number of anilines is 2. The first-order chi connectivity index (χ1) is 16.5. The van der Waals surface area contributed by atoms with Gasteiger partial charge in [0, 0.05) is 29.2 Å². The van der Waals surface area contributed by atoms with Gasteiger partial charge in [0.2, 0.25) is 5.95 Å². The van der Waals surface area contributed by atoms with Crippen LogP contribution in [0.2, 0.25) is 5.02 Å². The van der Waals surface area contributed by atoms with Gasteiger partial charge in [-0.25, -0.2) is 9.97 Å². The monoisotopic (exact) mass is 480 g/mol. The van der Waals surface area contributed by atoms with Crippen molar-refractivity contribution in [2.45, 2.75) is 51.6 Å². The second-order valence-corrected chi connectivity index (χ2v) is 9.99. The zero-order valence-corrected chi connectivity index (χ0v) is 20.8. The van der Waals surface area contributed by atoms with Crippen molar-refractivity contribution in [1.29, 1.82) is 0 Å². The number of likely N-dealkylation sites (tertiary alicyclic amines) is 1. The average Bonchev–Trinajstić information content (AvgIpc) is 3.43. The van der Waals surface area contributed by atoms with E-state index >= 15 is 0 Å². The molecule has 2 fully saturated rings. The van der Waals surface area contributed by atoms with Gasteiger partial charge >= 0.3 is 0 Å². The molecule has 0 spiro atoms. The van der Waals surface area contributed by atoms with Gasteiger partial charge in [0.15, 0.2) is 0 Å². The Morgan fingerprint density at radius 3 is 2.79 bits per heavy atom. The van der Waals surface area contributed by atoms with Crippen molar-refractivity contribution in [2.75, 3.05) is 31.6 Å². The Labute approximate surface area is 206 Å². The smallest absolute Gasteiger partial charge is 0.227 e. The number of halogens is 1. The minimum Gasteiger partial charge on any atom is -0.379 e. The molecular formula is C26H33ClN6O. The summed E-state index contributed by atoms with van der Waals surface area (Å²) in [5.41, 5.74) is 4.07. The van der Waals surface area contributed by atoms with E-state index in [1.807, 2.05) is 36.1 Å². The second-order valence-electron chi connectivity index (χ2n) is 9.59. The first-order valence-corrected chi connectivity index (χ1v) is 12.6. The van der Waals surface area contributed by atoms with Crippen molar-refractivity contribution >= 4 is 34.1 Å². The quantitative estimate of drug-likeness (QED) is 0.461. The van der Waals surface area contributed by atoms with E-state index in [1.54, 1.807) is 0 Å². The summed E-state index contributed by atoms with van der Waals surface area (Å²) in [5.74, 6) is 1.63. The highest BCUT2D eigenvalue weighted by molar-refractivity contribution is 6.32. The molecule has 180 valence electrons. The molecule has 2 saturated heterocycles. The standard InChI is InChI=1S/C26H33ClN6O/c1-4-5-8-33-18(3)24(14-29-33)31-26-28-13-20-11-22(27)21(12-23(20)30-26)19-6-9-32(10-7-19)25-16-34-15-17(25)2/h4,11-14,17,19,25H,1,5-10,15-16H2,2-3H3,(H,28,30,31)/t17-,25+/m1/s1. The van der Waals surface area contributed by atoms with Crippen LogP contribution in [0.25, 0.3) is 10.9 Å². The van der Waals surface area contributed by atoms with E-state index in [-0.39, 0.29) is 0 Å². The van der Waals surface area contributed by atoms with Crippen molar-refractivity contribution in [3.8, 4) is 0 Å². The molecule has 0 amide bonds. The highest BCUT2D eigenvalue weighted by Crippen LogP contribution is 2.36. The van der Waals surface area contributed by atoms with Crippen LogP contribution in [0.3, 0.4) is 0 Å². The topological polar surface area (TPSA) is 68.1 Å². The van der Waals surface area contributed by atoms with E-state index in [9.17, 15) is 0 Å². The van der Waals surface area contributed by atoms with Crippen LogP contribution in [0.5, 0.6) is 0 Å². The summed E-state index contributed by atoms with van der Waals surface area (Å²) in [5, 5.41) is 9.56. The molecule has 0 radical (unpaired) electrons. The molecule has 0 unspecified atom stereocenters. The van der Waals surface area contributed by atoms with Gasteiger partial charge in [-0.1, -0.05) is 24.6 Å². The van der Waals surface area contributed by atoms with Crippen LogP contribution in [0, 0.1) is 12.8 Å². The predicted molar refractivity (Wildman–Crippen MR) is 137 cm³/mol. The minimum absolute atomic E-state index is 0.447. The van der Waals surface area contributed by atoms with Crippen molar-refractivity contribution in [3.05, 3.63) is 53.5 Å². The summed E-state index contributed by atoms with van der Waals surface area (Å²) in [6.45, 7) is 12.9. The summed E-state index contributed by atoms with van der Waals surface area (Å²) < 4.78 is 7.65. The molecule has 7 nitrogen and oxygen atoms in total. The molecule has 4 heterocycles. The minimum atomic E-state index is 0.447. The van der Waals surface area contributed by atoms with E-state index in [4.69, 9.17) is 21.3 Å². The number of fused-ring (bicyclic) bond motifs is 1. The fraction of sp³-hybridized carbons (Fsp3) is 0.500. The maximum atomic E-state index is 6.74. The lowest BCUT2D eigenvalue weighted by atomic mass is 9.87. The van der Waals surface area contributed by atoms with Crippen LogP contribution in [0.15, 0.2) is 37.2 Å². The fourth-order valence-corrected chi connectivity index (χ4v) is 5.55. The summed E-state index contributed by atoms with van der Waals surface area (Å²) in [6.07, 6.45) is 8.65. The van der Waals surface area contributed by atoms with Crippen LogP contribution < -0.4 is 5.32 Å². The van der Waals surface area contributed by atoms with E-state index < -0.39 is 0 Å². The number of nitrogens with zero attached hydrogens (tertiary/aromatic N) is 5. The summed E-state index contributed by atoms with van der Waals surface area (Å²) in [7, 11) is 0. The zero-order chi connectivity index (χ0) is 23.7. The molecule has 0 aliphatic carbocycles. The molecule has 0 saturated carbocycles.